The fourth-order valence-electron chi connectivity index (χ4n) is 3.00. The Morgan fingerprint density at radius 1 is 1.22 bits per heavy atom. The van der Waals surface area contributed by atoms with E-state index in [1.165, 1.54) is 23.5 Å². The second-order valence-corrected chi connectivity index (χ2v) is 8.97. The van der Waals surface area contributed by atoms with Gasteiger partial charge >= 0.3 is 0 Å². The van der Waals surface area contributed by atoms with E-state index in [0.29, 0.717) is 16.3 Å². The number of carbonyl (C=O) groups is 1. The zero-order valence-corrected chi connectivity index (χ0v) is 17.0. The summed E-state index contributed by atoms with van der Waals surface area (Å²) in [7, 11) is -3.80. The van der Waals surface area contributed by atoms with Gasteiger partial charge in [0, 0.05) is 11.1 Å². The van der Waals surface area contributed by atoms with Gasteiger partial charge < -0.3 is 5.32 Å². The number of aryl methyl sites for hydroxylation is 3. The number of nitrogens with two attached hydrogens (primary N) is 1. The van der Waals surface area contributed by atoms with Crippen LogP contribution in [0.2, 0.25) is 0 Å². The largest absolute Gasteiger partial charge is 0.345 e. The van der Waals surface area contributed by atoms with E-state index in [1.807, 2.05) is 20.8 Å². The Balaban J connectivity index is 1.91. The molecule has 1 aromatic carbocycles. The topological polar surface area (TPSA) is 115 Å². The van der Waals surface area contributed by atoms with Gasteiger partial charge in [0.2, 0.25) is 10.0 Å². The van der Waals surface area contributed by atoms with Crippen molar-refractivity contribution in [3.05, 3.63) is 51.8 Å². The molecule has 1 unspecified atom stereocenters. The lowest BCUT2D eigenvalue weighted by Crippen LogP contribution is -2.26. The van der Waals surface area contributed by atoms with Crippen molar-refractivity contribution in [3.8, 4) is 0 Å². The van der Waals surface area contributed by atoms with E-state index < -0.39 is 16.1 Å². The SMILES string of the molecule is Cc1nc(C)c2c(C)c(C(=O)NC(C)c3cccc(S(N)(=O)=O)c3)sc2n1. The number of hydrogen-bond donors (Lipinski definition) is 2. The molecule has 1 atom stereocenters. The number of aromatic nitrogens is 2. The maximum atomic E-state index is 12.8. The van der Waals surface area contributed by atoms with Crippen LogP contribution >= 0.6 is 11.3 Å². The summed E-state index contributed by atoms with van der Waals surface area (Å²) in [6.07, 6.45) is 0. The highest BCUT2D eigenvalue weighted by atomic mass is 32.2. The van der Waals surface area contributed by atoms with Gasteiger partial charge in [-0.15, -0.1) is 11.3 Å². The van der Waals surface area contributed by atoms with E-state index in [-0.39, 0.29) is 10.8 Å². The van der Waals surface area contributed by atoms with Crippen LogP contribution in [0.25, 0.3) is 10.2 Å². The molecule has 0 fully saturated rings. The summed E-state index contributed by atoms with van der Waals surface area (Å²) in [5.74, 6) is 0.433. The van der Waals surface area contributed by atoms with Gasteiger partial charge in [0.05, 0.1) is 15.8 Å². The van der Waals surface area contributed by atoms with E-state index in [1.54, 1.807) is 19.1 Å². The van der Waals surface area contributed by atoms with E-state index in [2.05, 4.69) is 15.3 Å². The van der Waals surface area contributed by atoms with E-state index in [4.69, 9.17) is 5.14 Å². The molecule has 0 aliphatic carbocycles. The summed E-state index contributed by atoms with van der Waals surface area (Å²) in [4.78, 5) is 23.0. The highest BCUT2D eigenvalue weighted by molar-refractivity contribution is 7.89. The molecule has 0 spiro atoms. The summed E-state index contributed by atoms with van der Waals surface area (Å²) < 4.78 is 23.1. The standard InChI is InChI=1S/C18H20N4O3S2/c1-9-15-11(3)20-12(4)22-18(15)26-16(9)17(23)21-10(2)13-6-5-7-14(8-13)27(19,24)25/h5-8,10H,1-4H3,(H,21,23)(H2,19,24,25). The van der Waals surface area contributed by atoms with Crippen LogP contribution in [0.4, 0.5) is 0 Å². The number of primary sulfonamides is 1. The molecule has 9 heteroatoms. The van der Waals surface area contributed by atoms with Crippen LogP contribution in [0.1, 0.15) is 45.3 Å². The van der Waals surface area contributed by atoms with Crippen LogP contribution in [0.3, 0.4) is 0 Å². The monoisotopic (exact) mass is 404 g/mol. The van der Waals surface area contributed by atoms with Crippen molar-refractivity contribution in [2.24, 2.45) is 5.14 Å². The molecule has 2 heterocycles. The first-order valence-corrected chi connectivity index (χ1v) is 10.6. The van der Waals surface area contributed by atoms with Crippen LogP contribution < -0.4 is 10.5 Å². The second kappa shape index (κ2) is 6.99. The lowest BCUT2D eigenvalue weighted by atomic mass is 10.1. The molecule has 0 aliphatic heterocycles. The number of rotatable bonds is 4. The van der Waals surface area contributed by atoms with E-state index in [9.17, 15) is 13.2 Å². The third-order valence-corrected chi connectivity index (χ3v) is 6.42. The van der Waals surface area contributed by atoms with Crippen LogP contribution in [0.15, 0.2) is 29.2 Å². The Hall–Kier alpha value is -2.36. The Morgan fingerprint density at radius 3 is 2.59 bits per heavy atom. The van der Waals surface area contributed by atoms with Crippen molar-refractivity contribution in [3.63, 3.8) is 0 Å². The molecule has 2 aromatic heterocycles. The number of carbonyl (C=O) groups excluding carboxylic acids is 1. The van der Waals surface area contributed by atoms with Crippen molar-refractivity contribution >= 4 is 37.5 Å². The highest BCUT2D eigenvalue weighted by Gasteiger charge is 2.21. The van der Waals surface area contributed by atoms with Crippen molar-refractivity contribution in [1.29, 1.82) is 0 Å². The van der Waals surface area contributed by atoms with Gasteiger partial charge in [0.1, 0.15) is 10.7 Å². The normalized spacial score (nSPS) is 12.9. The quantitative estimate of drug-likeness (QED) is 0.694. The molecule has 1 amide bonds. The number of nitrogens with one attached hydrogen (secondary N) is 1. The van der Waals surface area contributed by atoms with E-state index in [0.717, 1.165) is 21.5 Å². The van der Waals surface area contributed by atoms with Crippen molar-refractivity contribution in [2.45, 2.75) is 38.6 Å². The van der Waals surface area contributed by atoms with Gasteiger partial charge in [-0.05, 0) is 51.0 Å². The molecule has 0 bridgehead atoms. The van der Waals surface area contributed by atoms with Crippen molar-refractivity contribution < 1.29 is 13.2 Å². The summed E-state index contributed by atoms with van der Waals surface area (Å²) in [6.45, 7) is 7.39. The minimum atomic E-state index is -3.80. The molecule has 3 aromatic rings. The van der Waals surface area contributed by atoms with Gasteiger partial charge in [-0.25, -0.2) is 23.5 Å². The van der Waals surface area contributed by atoms with Crippen molar-refractivity contribution in [2.75, 3.05) is 0 Å². The zero-order chi connectivity index (χ0) is 19.9. The molecule has 3 rings (SSSR count). The Morgan fingerprint density at radius 2 is 1.93 bits per heavy atom. The lowest BCUT2D eigenvalue weighted by molar-refractivity contribution is 0.0943. The fraction of sp³-hybridized carbons (Fsp3) is 0.278. The Kier molecular flexibility index (Phi) is 5.02. The van der Waals surface area contributed by atoms with Gasteiger partial charge in [-0.3, -0.25) is 4.79 Å². The predicted octanol–water partition coefficient (Wildman–Crippen LogP) is 2.75. The summed E-state index contributed by atoms with van der Waals surface area (Å²) >= 11 is 1.33. The molecule has 0 aliphatic rings. The molecule has 0 radical (unpaired) electrons. The molecular weight excluding hydrogens is 384 g/mol. The minimum Gasteiger partial charge on any atom is -0.345 e. The second-order valence-electron chi connectivity index (χ2n) is 6.41. The Bertz CT molecular complexity index is 1150. The molecule has 142 valence electrons. The lowest BCUT2D eigenvalue weighted by Gasteiger charge is -2.15. The first-order chi connectivity index (χ1) is 12.6. The van der Waals surface area contributed by atoms with Gasteiger partial charge in [-0.2, -0.15) is 0 Å². The maximum absolute atomic E-state index is 12.8. The van der Waals surface area contributed by atoms with Gasteiger partial charge in [0.15, 0.2) is 0 Å². The number of sulfonamides is 1. The zero-order valence-electron chi connectivity index (χ0n) is 15.4. The van der Waals surface area contributed by atoms with Gasteiger partial charge in [0.25, 0.3) is 5.91 Å². The van der Waals surface area contributed by atoms with Crippen LogP contribution in [0.5, 0.6) is 0 Å². The summed E-state index contributed by atoms with van der Waals surface area (Å²) in [6, 6.07) is 5.85. The number of fused-ring (bicyclic) bond motifs is 1. The number of nitrogens with zero attached hydrogens (tertiary/aromatic N) is 2. The third kappa shape index (κ3) is 3.85. The number of thiophene rings is 1. The summed E-state index contributed by atoms with van der Waals surface area (Å²) in [5, 5.41) is 9.00. The highest BCUT2D eigenvalue weighted by Crippen LogP contribution is 2.31. The number of benzene rings is 1. The average molecular weight is 405 g/mol. The molecule has 3 N–H and O–H groups in total. The molecule has 0 saturated carbocycles. The predicted molar refractivity (Wildman–Crippen MR) is 105 cm³/mol. The molecule has 27 heavy (non-hydrogen) atoms. The maximum Gasteiger partial charge on any atom is 0.262 e. The van der Waals surface area contributed by atoms with Crippen LogP contribution in [0, 0.1) is 20.8 Å². The van der Waals surface area contributed by atoms with Crippen molar-refractivity contribution in [1.82, 2.24) is 15.3 Å². The van der Waals surface area contributed by atoms with E-state index >= 15 is 0 Å². The average Bonchev–Trinajstić information content (AvgIpc) is 2.91. The summed E-state index contributed by atoms with van der Waals surface area (Å²) in [5.41, 5.74) is 2.34. The minimum absolute atomic E-state index is 0.0144. The molecule has 7 nitrogen and oxygen atoms in total. The number of amides is 1. The first-order valence-electron chi connectivity index (χ1n) is 8.26. The fourth-order valence-corrected chi connectivity index (χ4v) is 4.75. The third-order valence-electron chi connectivity index (χ3n) is 4.32. The molecular formula is C18H20N4O3S2. The van der Waals surface area contributed by atoms with Crippen LogP contribution in [-0.4, -0.2) is 24.3 Å². The first kappa shape index (κ1) is 19.4. The molecule has 0 saturated heterocycles. The van der Waals surface area contributed by atoms with Crippen LogP contribution in [-0.2, 0) is 10.0 Å². The van der Waals surface area contributed by atoms with Gasteiger partial charge in [-0.1, -0.05) is 12.1 Å². The number of hydrogen-bond acceptors (Lipinski definition) is 6. The Labute approximate surface area is 161 Å². The smallest absolute Gasteiger partial charge is 0.262 e.